The molecule has 0 spiro atoms. The van der Waals surface area contributed by atoms with Crippen LogP contribution < -0.4 is 0 Å². The lowest BCUT2D eigenvalue weighted by molar-refractivity contribution is -0.142. The lowest BCUT2D eigenvalue weighted by atomic mass is 10.1. The fourth-order valence-corrected chi connectivity index (χ4v) is 0.836. The summed E-state index contributed by atoms with van der Waals surface area (Å²) < 4.78 is 4.82. The van der Waals surface area contributed by atoms with Crippen LogP contribution in [-0.2, 0) is 9.53 Å². The molecule has 0 radical (unpaired) electrons. The van der Waals surface area contributed by atoms with E-state index < -0.39 is 0 Å². The molecule has 0 aliphatic carbocycles. The standard InChI is InChI=1S/C8H16O2/c1-4-5-7(2)6-10-8(3)9/h7H,4-6H2,1-3H3. The minimum atomic E-state index is -0.178. The molecule has 0 aromatic rings. The highest BCUT2D eigenvalue weighted by molar-refractivity contribution is 5.65. The number of hydrogen-bond donors (Lipinski definition) is 0. The van der Waals surface area contributed by atoms with Crippen LogP contribution in [0.4, 0.5) is 0 Å². The van der Waals surface area contributed by atoms with Gasteiger partial charge in [0.15, 0.2) is 0 Å². The molecule has 0 bridgehead atoms. The van der Waals surface area contributed by atoms with Crippen LogP contribution in [0.2, 0.25) is 0 Å². The molecule has 0 fully saturated rings. The maximum atomic E-state index is 10.3. The summed E-state index contributed by atoms with van der Waals surface area (Å²) >= 11 is 0. The van der Waals surface area contributed by atoms with Gasteiger partial charge >= 0.3 is 5.97 Å². The summed E-state index contributed by atoms with van der Waals surface area (Å²) in [4.78, 5) is 10.3. The second-order valence-corrected chi connectivity index (χ2v) is 2.70. The van der Waals surface area contributed by atoms with Crippen molar-refractivity contribution in [2.24, 2.45) is 5.92 Å². The van der Waals surface area contributed by atoms with Gasteiger partial charge in [0.25, 0.3) is 0 Å². The van der Waals surface area contributed by atoms with E-state index in [0.29, 0.717) is 12.5 Å². The topological polar surface area (TPSA) is 26.3 Å². The van der Waals surface area contributed by atoms with E-state index in [1.54, 1.807) is 0 Å². The van der Waals surface area contributed by atoms with Crippen molar-refractivity contribution in [1.82, 2.24) is 0 Å². The van der Waals surface area contributed by atoms with Gasteiger partial charge in [0, 0.05) is 6.92 Å². The van der Waals surface area contributed by atoms with Crippen LogP contribution in [0.1, 0.15) is 33.6 Å². The molecule has 0 heterocycles. The summed E-state index contributed by atoms with van der Waals surface area (Å²) in [6.45, 7) is 6.23. The van der Waals surface area contributed by atoms with E-state index in [9.17, 15) is 4.79 Å². The lowest BCUT2D eigenvalue weighted by Gasteiger charge is -2.08. The van der Waals surface area contributed by atoms with Crippen molar-refractivity contribution in [1.29, 1.82) is 0 Å². The smallest absolute Gasteiger partial charge is 0.302 e. The van der Waals surface area contributed by atoms with Crippen molar-refractivity contribution in [3.05, 3.63) is 0 Å². The summed E-state index contributed by atoms with van der Waals surface area (Å²) in [6.07, 6.45) is 2.29. The minimum absolute atomic E-state index is 0.178. The molecule has 0 rings (SSSR count). The van der Waals surface area contributed by atoms with E-state index in [4.69, 9.17) is 4.74 Å². The van der Waals surface area contributed by atoms with Crippen molar-refractivity contribution in [3.8, 4) is 0 Å². The maximum Gasteiger partial charge on any atom is 0.302 e. The molecular weight excluding hydrogens is 128 g/mol. The average molecular weight is 144 g/mol. The van der Waals surface area contributed by atoms with Crippen molar-refractivity contribution < 1.29 is 9.53 Å². The molecule has 0 aliphatic heterocycles. The monoisotopic (exact) mass is 144 g/mol. The van der Waals surface area contributed by atoms with Gasteiger partial charge in [-0.2, -0.15) is 0 Å². The first-order chi connectivity index (χ1) is 4.66. The van der Waals surface area contributed by atoms with E-state index in [1.165, 1.54) is 6.92 Å². The summed E-state index contributed by atoms with van der Waals surface area (Å²) in [5, 5.41) is 0. The molecule has 1 unspecified atom stereocenters. The maximum absolute atomic E-state index is 10.3. The van der Waals surface area contributed by atoms with Gasteiger partial charge < -0.3 is 4.74 Å². The van der Waals surface area contributed by atoms with Gasteiger partial charge in [-0.3, -0.25) is 4.79 Å². The van der Waals surface area contributed by atoms with Crippen LogP contribution in [0.15, 0.2) is 0 Å². The zero-order valence-corrected chi connectivity index (χ0v) is 7.02. The molecular formula is C8H16O2. The molecule has 0 aromatic carbocycles. The average Bonchev–Trinajstić information content (AvgIpc) is 1.85. The third-order valence-electron chi connectivity index (χ3n) is 1.35. The van der Waals surface area contributed by atoms with Crippen LogP contribution in [0.5, 0.6) is 0 Å². The van der Waals surface area contributed by atoms with Gasteiger partial charge in [-0.25, -0.2) is 0 Å². The van der Waals surface area contributed by atoms with Gasteiger partial charge in [-0.05, 0) is 12.3 Å². The predicted molar refractivity (Wildman–Crippen MR) is 40.7 cm³/mol. The summed E-state index contributed by atoms with van der Waals surface area (Å²) in [6, 6.07) is 0. The Balaban J connectivity index is 3.21. The number of carbonyl (C=O) groups excluding carboxylic acids is 1. The Hall–Kier alpha value is -0.530. The Labute approximate surface area is 62.6 Å². The van der Waals surface area contributed by atoms with Gasteiger partial charge in [0.05, 0.1) is 6.61 Å². The van der Waals surface area contributed by atoms with Crippen LogP contribution >= 0.6 is 0 Å². The molecule has 0 amide bonds. The third kappa shape index (κ3) is 5.60. The Kier molecular flexibility index (Phi) is 4.99. The van der Waals surface area contributed by atoms with Crippen molar-refractivity contribution in [2.75, 3.05) is 6.61 Å². The molecule has 0 saturated heterocycles. The molecule has 0 N–H and O–H groups in total. The zero-order chi connectivity index (χ0) is 7.98. The fraction of sp³-hybridized carbons (Fsp3) is 0.875. The van der Waals surface area contributed by atoms with Gasteiger partial charge in [0.1, 0.15) is 0 Å². The Morgan fingerprint density at radius 2 is 2.20 bits per heavy atom. The Morgan fingerprint density at radius 1 is 1.60 bits per heavy atom. The van der Waals surface area contributed by atoms with Crippen LogP contribution in [0.25, 0.3) is 0 Å². The summed E-state index contributed by atoms with van der Waals surface area (Å²) in [7, 11) is 0. The molecule has 0 saturated carbocycles. The van der Waals surface area contributed by atoms with Gasteiger partial charge in [-0.15, -0.1) is 0 Å². The van der Waals surface area contributed by atoms with E-state index in [0.717, 1.165) is 12.8 Å². The largest absolute Gasteiger partial charge is 0.466 e. The Bertz CT molecular complexity index is 99.4. The molecule has 0 aromatic heterocycles. The molecule has 2 heteroatoms. The van der Waals surface area contributed by atoms with Gasteiger partial charge in [-0.1, -0.05) is 20.3 Å². The molecule has 1 atom stereocenters. The number of esters is 1. The molecule has 10 heavy (non-hydrogen) atoms. The van der Waals surface area contributed by atoms with Crippen molar-refractivity contribution in [2.45, 2.75) is 33.6 Å². The van der Waals surface area contributed by atoms with Crippen LogP contribution in [0.3, 0.4) is 0 Å². The molecule has 0 aliphatic rings. The third-order valence-corrected chi connectivity index (χ3v) is 1.35. The summed E-state index contributed by atoms with van der Waals surface area (Å²) in [5.74, 6) is 0.330. The van der Waals surface area contributed by atoms with E-state index >= 15 is 0 Å². The van der Waals surface area contributed by atoms with Crippen molar-refractivity contribution in [3.63, 3.8) is 0 Å². The van der Waals surface area contributed by atoms with Crippen molar-refractivity contribution >= 4 is 5.97 Å². The zero-order valence-electron chi connectivity index (χ0n) is 7.02. The second kappa shape index (κ2) is 5.27. The van der Waals surface area contributed by atoms with Crippen LogP contribution in [-0.4, -0.2) is 12.6 Å². The highest BCUT2D eigenvalue weighted by atomic mass is 16.5. The molecule has 60 valence electrons. The van der Waals surface area contributed by atoms with Crippen LogP contribution in [0, 0.1) is 5.92 Å². The van der Waals surface area contributed by atoms with E-state index in [-0.39, 0.29) is 5.97 Å². The normalized spacial score (nSPS) is 12.7. The highest BCUT2D eigenvalue weighted by Gasteiger charge is 2.01. The second-order valence-electron chi connectivity index (χ2n) is 2.70. The number of rotatable bonds is 4. The highest BCUT2D eigenvalue weighted by Crippen LogP contribution is 2.04. The predicted octanol–water partition coefficient (Wildman–Crippen LogP) is 1.99. The Morgan fingerprint density at radius 3 is 2.60 bits per heavy atom. The van der Waals surface area contributed by atoms with Gasteiger partial charge in [0.2, 0.25) is 0 Å². The number of hydrogen-bond acceptors (Lipinski definition) is 2. The number of ether oxygens (including phenoxy) is 1. The quantitative estimate of drug-likeness (QED) is 0.564. The fourth-order valence-electron chi connectivity index (χ4n) is 0.836. The van der Waals surface area contributed by atoms with E-state index in [2.05, 4.69) is 13.8 Å². The van der Waals surface area contributed by atoms with E-state index in [1.807, 2.05) is 0 Å². The lowest BCUT2D eigenvalue weighted by Crippen LogP contribution is -2.08. The first-order valence-electron chi connectivity index (χ1n) is 3.80. The molecule has 2 nitrogen and oxygen atoms in total. The number of carbonyl (C=O) groups is 1. The SMILES string of the molecule is CCCC(C)COC(C)=O. The first kappa shape index (κ1) is 9.47. The summed E-state index contributed by atoms with van der Waals surface area (Å²) in [5.41, 5.74) is 0. The minimum Gasteiger partial charge on any atom is -0.466 e. The first-order valence-corrected chi connectivity index (χ1v) is 3.80.